The summed E-state index contributed by atoms with van der Waals surface area (Å²) in [5.74, 6) is -0.0430. The minimum absolute atomic E-state index is 0.00743. The van der Waals surface area contributed by atoms with Crippen molar-refractivity contribution in [3.05, 3.63) is 39.9 Å². The first-order valence-electron chi connectivity index (χ1n) is 6.32. The Morgan fingerprint density at radius 3 is 2.75 bits per heavy atom. The third kappa shape index (κ3) is 4.85. The van der Waals surface area contributed by atoms with Gasteiger partial charge in [-0.15, -0.1) is 0 Å². The topological polar surface area (TPSA) is 104 Å². The van der Waals surface area contributed by atoms with E-state index in [9.17, 15) is 14.9 Å². The molecule has 2 unspecified atom stereocenters. The van der Waals surface area contributed by atoms with E-state index in [1.807, 2.05) is 6.92 Å². The second-order valence-corrected chi connectivity index (χ2v) is 4.70. The van der Waals surface area contributed by atoms with Gasteiger partial charge in [-0.25, -0.2) is 4.79 Å². The van der Waals surface area contributed by atoms with Gasteiger partial charge in [0.15, 0.2) is 0 Å². The van der Waals surface area contributed by atoms with Crippen LogP contribution in [-0.2, 0) is 6.54 Å². The van der Waals surface area contributed by atoms with E-state index in [1.165, 1.54) is 12.1 Å². The Hall–Kier alpha value is -2.15. The van der Waals surface area contributed by atoms with Crippen LogP contribution in [0.3, 0.4) is 0 Å². The van der Waals surface area contributed by atoms with Gasteiger partial charge < -0.3 is 15.7 Å². The van der Waals surface area contributed by atoms with Crippen molar-refractivity contribution in [2.75, 3.05) is 6.61 Å². The van der Waals surface area contributed by atoms with Crippen molar-refractivity contribution in [3.63, 3.8) is 0 Å². The van der Waals surface area contributed by atoms with Crippen LogP contribution < -0.4 is 10.6 Å². The van der Waals surface area contributed by atoms with Gasteiger partial charge in [0.2, 0.25) is 0 Å². The number of nitrogens with one attached hydrogen (secondary N) is 2. The Bertz CT molecular complexity index is 478. The molecule has 1 aromatic rings. The lowest BCUT2D eigenvalue weighted by Gasteiger charge is -2.19. The number of aliphatic hydroxyl groups is 1. The predicted molar refractivity (Wildman–Crippen MR) is 74.2 cm³/mol. The summed E-state index contributed by atoms with van der Waals surface area (Å²) < 4.78 is 0. The average molecular weight is 281 g/mol. The number of carbonyl (C=O) groups excluding carboxylic acids is 1. The van der Waals surface area contributed by atoms with Gasteiger partial charge in [-0.2, -0.15) is 0 Å². The van der Waals surface area contributed by atoms with E-state index in [0.29, 0.717) is 5.56 Å². The van der Waals surface area contributed by atoms with E-state index in [-0.39, 0.29) is 36.8 Å². The first-order valence-corrected chi connectivity index (χ1v) is 6.32. The molecule has 0 spiro atoms. The molecule has 0 saturated carbocycles. The number of hydrogen-bond acceptors (Lipinski definition) is 4. The third-order valence-electron chi connectivity index (χ3n) is 3.07. The average Bonchev–Trinajstić information content (AvgIpc) is 2.44. The van der Waals surface area contributed by atoms with Crippen molar-refractivity contribution in [2.24, 2.45) is 5.92 Å². The van der Waals surface area contributed by atoms with E-state index >= 15 is 0 Å². The molecule has 7 heteroatoms. The van der Waals surface area contributed by atoms with Crippen LogP contribution in [0.4, 0.5) is 10.5 Å². The zero-order chi connectivity index (χ0) is 15.1. The van der Waals surface area contributed by atoms with Crippen LogP contribution in [-0.4, -0.2) is 28.7 Å². The Kier molecular flexibility index (Phi) is 5.92. The summed E-state index contributed by atoms with van der Waals surface area (Å²) in [5, 5.41) is 24.9. The molecule has 0 radical (unpaired) electrons. The van der Waals surface area contributed by atoms with Crippen molar-refractivity contribution in [1.29, 1.82) is 0 Å². The Balaban J connectivity index is 2.49. The van der Waals surface area contributed by atoms with Gasteiger partial charge >= 0.3 is 6.03 Å². The maximum Gasteiger partial charge on any atom is 0.315 e. The summed E-state index contributed by atoms with van der Waals surface area (Å²) in [7, 11) is 0. The minimum atomic E-state index is -0.478. The second-order valence-electron chi connectivity index (χ2n) is 4.70. The highest BCUT2D eigenvalue weighted by atomic mass is 16.6. The molecular weight excluding hydrogens is 262 g/mol. The number of urea groups is 1. The number of carbonyl (C=O) groups is 1. The van der Waals surface area contributed by atoms with Gasteiger partial charge in [-0.05, 0) is 18.4 Å². The summed E-state index contributed by atoms with van der Waals surface area (Å²) in [6, 6.07) is 5.56. The summed E-state index contributed by atoms with van der Waals surface area (Å²) >= 11 is 0. The summed E-state index contributed by atoms with van der Waals surface area (Å²) in [6.07, 6.45) is 0. The van der Waals surface area contributed by atoms with Crippen molar-refractivity contribution in [3.8, 4) is 0 Å². The van der Waals surface area contributed by atoms with Crippen LogP contribution in [0.2, 0.25) is 0 Å². The van der Waals surface area contributed by atoms with Crippen LogP contribution in [0, 0.1) is 16.0 Å². The maximum absolute atomic E-state index is 11.6. The maximum atomic E-state index is 11.6. The lowest BCUT2D eigenvalue weighted by molar-refractivity contribution is -0.384. The molecule has 3 N–H and O–H groups in total. The lowest BCUT2D eigenvalue weighted by Crippen LogP contribution is -2.43. The smallest absolute Gasteiger partial charge is 0.315 e. The number of non-ortho nitro benzene ring substituents is 1. The zero-order valence-electron chi connectivity index (χ0n) is 11.5. The molecular formula is C13H19N3O4. The van der Waals surface area contributed by atoms with Crippen molar-refractivity contribution in [1.82, 2.24) is 10.6 Å². The Morgan fingerprint density at radius 2 is 2.15 bits per heavy atom. The monoisotopic (exact) mass is 281 g/mol. The number of nitro groups is 1. The van der Waals surface area contributed by atoms with Gasteiger partial charge in [0.25, 0.3) is 5.69 Å². The van der Waals surface area contributed by atoms with Crippen LogP contribution in [0.1, 0.15) is 19.4 Å². The first-order chi connectivity index (χ1) is 9.43. The molecule has 7 nitrogen and oxygen atoms in total. The van der Waals surface area contributed by atoms with Crippen molar-refractivity contribution < 1.29 is 14.8 Å². The molecule has 0 aliphatic carbocycles. The number of nitro benzene ring substituents is 1. The van der Waals surface area contributed by atoms with E-state index in [4.69, 9.17) is 5.11 Å². The minimum Gasteiger partial charge on any atom is -0.396 e. The molecule has 0 bridgehead atoms. The molecule has 0 aromatic heterocycles. The summed E-state index contributed by atoms with van der Waals surface area (Å²) in [5.41, 5.74) is 0.643. The number of rotatable bonds is 6. The van der Waals surface area contributed by atoms with E-state index in [1.54, 1.807) is 19.1 Å². The Morgan fingerprint density at radius 1 is 1.45 bits per heavy atom. The first kappa shape index (κ1) is 15.9. The predicted octanol–water partition coefficient (Wildman–Crippen LogP) is 1.41. The quantitative estimate of drug-likeness (QED) is 0.541. The van der Waals surface area contributed by atoms with Crippen LogP contribution in [0.25, 0.3) is 0 Å². The number of hydrogen-bond donors (Lipinski definition) is 3. The normalized spacial score (nSPS) is 13.3. The van der Waals surface area contributed by atoms with Gasteiger partial charge in [0.1, 0.15) is 0 Å². The van der Waals surface area contributed by atoms with Gasteiger partial charge in [-0.3, -0.25) is 10.1 Å². The fourth-order valence-corrected chi connectivity index (χ4v) is 1.52. The molecule has 0 heterocycles. The highest BCUT2D eigenvalue weighted by Gasteiger charge is 2.13. The Labute approximate surface area is 117 Å². The van der Waals surface area contributed by atoms with Crippen LogP contribution in [0.15, 0.2) is 24.3 Å². The van der Waals surface area contributed by atoms with Crippen molar-refractivity contribution >= 4 is 11.7 Å². The molecule has 0 fully saturated rings. The van der Waals surface area contributed by atoms with Gasteiger partial charge in [0.05, 0.1) is 4.92 Å². The van der Waals surface area contributed by atoms with Gasteiger partial charge in [0, 0.05) is 31.3 Å². The largest absolute Gasteiger partial charge is 0.396 e. The zero-order valence-corrected chi connectivity index (χ0v) is 11.5. The van der Waals surface area contributed by atoms with Crippen molar-refractivity contribution in [2.45, 2.75) is 26.4 Å². The molecule has 2 amide bonds. The highest BCUT2D eigenvalue weighted by Crippen LogP contribution is 2.12. The van der Waals surface area contributed by atoms with Gasteiger partial charge in [-0.1, -0.05) is 19.1 Å². The molecule has 2 atom stereocenters. The third-order valence-corrected chi connectivity index (χ3v) is 3.07. The fraction of sp³-hybridized carbons (Fsp3) is 0.462. The number of aliphatic hydroxyl groups excluding tert-OH is 1. The SMILES string of the molecule is CC(CO)C(C)NC(=O)NCc1cccc([N+](=O)[O-])c1. The molecule has 110 valence electrons. The number of benzene rings is 1. The van der Waals surface area contributed by atoms with E-state index in [2.05, 4.69) is 10.6 Å². The molecule has 0 aliphatic heterocycles. The van der Waals surface area contributed by atoms with Crippen LogP contribution >= 0.6 is 0 Å². The molecule has 20 heavy (non-hydrogen) atoms. The number of amides is 2. The summed E-state index contributed by atoms with van der Waals surface area (Å²) in [6.45, 7) is 3.82. The second kappa shape index (κ2) is 7.44. The standard InChI is InChI=1S/C13H19N3O4/c1-9(8-17)10(2)15-13(18)14-7-11-4-3-5-12(6-11)16(19)20/h3-6,9-10,17H,7-8H2,1-2H3,(H2,14,15,18). The van der Waals surface area contributed by atoms with E-state index in [0.717, 1.165) is 0 Å². The molecule has 0 aliphatic rings. The molecule has 0 saturated heterocycles. The summed E-state index contributed by atoms with van der Waals surface area (Å²) in [4.78, 5) is 21.8. The fourth-order valence-electron chi connectivity index (χ4n) is 1.52. The highest BCUT2D eigenvalue weighted by molar-refractivity contribution is 5.74. The molecule has 1 aromatic carbocycles. The number of nitrogens with zero attached hydrogens (tertiary/aromatic N) is 1. The van der Waals surface area contributed by atoms with Crippen LogP contribution in [0.5, 0.6) is 0 Å². The van der Waals surface area contributed by atoms with E-state index < -0.39 is 4.92 Å². The molecule has 1 rings (SSSR count). The lowest BCUT2D eigenvalue weighted by atomic mass is 10.1.